The van der Waals surface area contributed by atoms with Crippen LogP contribution < -0.4 is 5.73 Å². The lowest BCUT2D eigenvalue weighted by atomic mass is 10.1. The molecule has 0 saturated heterocycles. The molecule has 4 rings (SSSR count). The summed E-state index contributed by atoms with van der Waals surface area (Å²) in [5.74, 6) is 1.67. The molecular weight excluding hydrogens is 380 g/mol. The number of hydrogen-bond acceptors (Lipinski definition) is 6. The molecule has 156 valence electrons. The summed E-state index contributed by atoms with van der Waals surface area (Å²) in [5.41, 5.74) is 10.4. The van der Waals surface area contributed by atoms with Gasteiger partial charge < -0.3 is 15.1 Å². The highest BCUT2D eigenvalue weighted by Crippen LogP contribution is 2.27. The molecule has 0 spiro atoms. The summed E-state index contributed by atoms with van der Waals surface area (Å²) in [4.78, 5) is 23.2. The number of aromatic nitrogens is 4. The molecule has 0 radical (unpaired) electrons. The van der Waals surface area contributed by atoms with Crippen LogP contribution in [0, 0.1) is 13.8 Å². The molecule has 0 aliphatic carbocycles. The summed E-state index contributed by atoms with van der Waals surface area (Å²) in [6.07, 6.45) is 1.75. The van der Waals surface area contributed by atoms with Crippen LogP contribution in [0.3, 0.4) is 0 Å². The van der Waals surface area contributed by atoms with E-state index in [-0.39, 0.29) is 11.9 Å². The Morgan fingerprint density at radius 1 is 1.20 bits per heavy atom. The average molecular weight is 406 g/mol. The van der Waals surface area contributed by atoms with Crippen molar-refractivity contribution in [3.05, 3.63) is 52.5 Å². The van der Waals surface area contributed by atoms with Gasteiger partial charge in [0.1, 0.15) is 11.3 Å². The first-order valence-electron chi connectivity index (χ1n) is 10.1. The lowest BCUT2D eigenvalue weighted by Gasteiger charge is -2.18. The quantitative estimate of drug-likeness (QED) is 0.527. The summed E-state index contributed by atoms with van der Waals surface area (Å²) in [6, 6.07) is 7.96. The molecule has 8 nitrogen and oxygen atoms in total. The third-order valence-electron chi connectivity index (χ3n) is 5.58. The van der Waals surface area contributed by atoms with Crippen molar-refractivity contribution in [1.29, 1.82) is 0 Å². The fourth-order valence-corrected chi connectivity index (χ4v) is 3.94. The second kappa shape index (κ2) is 7.78. The minimum Gasteiger partial charge on any atom is -0.461 e. The minimum atomic E-state index is 0.0688. The van der Waals surface area contributed by atoms with Crippen LogP contribution in [0.5, 0.6) is 0 Å². The number of benzene rings is 1. The smallest absolute Gasteiger partial charge is 0.254 e. The van der Waals surface area contributed by atoms with Crippen LogP contribution in [-0.4, -0.2) is 37.4 Å². The highest BCUT2D eigenvalue weighted by atomic mass is 16.3. The Morgan fingerprint density at radius 3 is 2.73 bits per heavy atom. The van der Waals surface area contributed by atoms with Gasteiger partial charge in [-0.05, 0) is 31.9 Å². The van der Waals surface area contributed by atoms with E-state index in [9.17, 15) is 4.79 Å². The Morgan fingerprint density at radius 2 is 1.97 bits per heavy atom. The molecule has 1 amide bonds. The van der Waals surface area contributed by atoms with Gasteiger partial charge >= 0.3 is 0 Å². The standard InChI is InChI=1S/C22H26N6O2/c1-5-18-17(16-8-6-7-9-19(16)30-18)12-27(4)20(29)11-10-15-13(2)24-22-25-21(23)26-28(22)14(15)3/h6-9H,5,10-12H2,1-4H3,(H2,23,26). The fraction of sp³-hybridized carbons (Fsp3) is 0.364. The normalized spacial score (nSPS) is 11.5. The number of nitrogen functional groups attached to an aromatic ring is 1. The second-order valence-electron chi connectivity index (χ2n) is 7.55. The predicted octanol–water partition coefficient (Wildman–Crippen LogP) is 3.22. The first kappa shape index (κ1) is 19.9. The summed E-state index contributed by atoms with van der Waals surface area (Å²) < 4.78 is 7.60. The van der Waals surface area contributed by atoms with Crippen molar-refractivity contribution in [3.63, 3.8) is 0 Å². The highest BCUT2D eigenvalue weighted by molar-refractivity contribution is 5.83. The first-order valence-corrected chi connectivity index (χ1v) is 10.1. The molecule has 2 N–H and O–H groups in total. The van der Waals surface area contributed by atoms with Crippen LogP contribution in [0.4, 0.5) is 5.95 Å². The van der Waals surface area contributed by atoms with E-state index < -0.39 is 0 Å². The van der Waals surface area contributed by atoms with Crippen LogP contribution >= 0.6 is 0 Å². The number of nitrogens with zero attached hydrogens (tertiary/aromatic N) is 5. The molecule has 4 aromatic rings. The Balaban J connectivity index is 1.51. The summed E-state index contributed by atoms with van der Waals surface area (Å²) in [5, 5.41) is 5.26. The van der Waals surface area contributed by atoms with E-state index in [0.717, 1.165) is 45.7 Å². The Bertz CT molecular complexity index is 1240. The summed E-state index contributed by atoms with van der Waals surface area (Å²) >= 11 is 0. The van der Waals surface area contributed by atoms with Crippen molar-refractivity contribution in [1.82, 2.24) is 24.5 Å². The number of aryl methyl sites for hydroxylation is 3. The molecule has 0 aliphatic heterocycles. The molecule has 30 heavy (non-hydrogen) atoms. The largest absolute Gasteiger partial charge is 0.461 e. The molecular formula is C22H26N6O2. The lowest BCUT2D eigenvalue weighted by molar-refractivity contribution is -0.130. The van der Waals surface area contributed by atoms with E-state index in [2.05, 4.69) is 22.0 Å². The van der Waals surface area contributed by atoms with E-state index in [0.29, 0.717) is 25.2 Å². The molecule has 1 aromatic carbocycles. The van der Waals surface area contributed by atoms with Crippen molar-refractivity contribution >= 4 is 28.6 Å². The van der Waals surface area contributed by atoms with Gasteiger partial charge in [0.25, 0.3) is 5.78 Å². The Kier molecular flexibility index (Phi) is 5.15. The zero-order valence-corrected chi connectivity index (χ0v) is 17.8. The maximum absolute atomic E-state index is 12.9. The van der Waals surface area contributed by atoms with Crippen molar-refractivity contribution in [2.75, 3.05) is 12.8 Å². The predicted molar refractivity (Wildman–Crippen MR) is 115 cm³/mol. The van der Waals surface area contributed by atoms with E-state index in [4.69, 9.17) is 10.2 Å². The minimum absolute atomic E-state index is 0.0688. The van der Waals surface area contributed by atoms with Gasteiger partial charge in [0.15, 0.2) is 0 Å². The van der Waals surface area contributed by atoms with E-state index in [1.807, 2.05) is 45.2 Å². The van der Waals surface area contributed by atoms with E-state index in [1.54, 1.807) is 9.42 Å². The van der Waals surface area contributed by atoms with Crippen molar-refractivity contribution < 1.29 is 9.21 Å². The number of amides is 1. The summed E-state index contributed by atoms with van der Waals surface area (Å²) in [7, 11) is 1.84. The zero-order chi connectivity index (χ0) is 21.4. The number of fused-ring (bicyclic) bond motifs is 2. The van der Waals surface area contributed by atoms with Gasteiger partial charge in [0.05, 0.1) is 0 Å². The molecule has 8 heteroatoms. The van der Waals surface area contributed by atoms with Crippen LogP contribution in [0.25, 0.3) is 16.7 Å². The molecule has 0 saturated carbocycles. The van der Waals surface area contributed by atoms with Crippen LogP contribution in [0.1, 0.15) is 41.6 Å². The molecule has 0 atom stereocenters. The van der Waals surface area contributed by atoms with Crippen molar-refractivity contribution in [2.24, 2.45) is 0 Å². The lowest BCUT2D eigenvalue weighted by Crippen LogP contribution is -2.27. The van der Waals surface area contributed by atoms with Crippen LogP contribution in [0.2, 0.25) is 0 Å². The van der Waals surface area contributed by atoms with Crippen LogP contribution in [-0.2, 0) is 24.2 Å². The van der Waals surface area contributed by atoms with Crippen LogP contribution in [0.15, 0.2) is 28.7 Å². The number of carbonyl (C=O) groups is 1. The number of rotatable bonds is 6. The Labute approximate surface area is 174 Å². The number of carbonyl (C=O) groups excluding carboxylic acids is 1. The highest BCUT2D eigenvalue weighted by Gasteiger charge is 2.19. The van der Waals surface area contributed by atoms with Gasteiger partial charge in [-0.2, -0.15) is 9.50 Å². The molecule has 0 unspecified atom stereocenters. The van der Waals surface area contributed by atoms with Gasteiger partial charge in [0, 0.05) is 48.8 Å². The van der Waals surface area contributed by atoms with E-state index in [1.165, 1.54) is 0 Å². The van der Waals surface area contributed by atoms with Gasteiger partial charge in [-0.15, -0.1) is 5.10 Å². The molecule has 0 aliphatic rings. The molecule has 0 bridgehead atoms. The number of para-hydroxylation sites is 1. The zero-order valence-electron chi connectivity index (χ0n) is 17.8. The molecule has 0 fully saturated rings. The van der Waals surface area contributed by atoms with Gasteiger partial charge in [-0.1, -0.05) is 25.1 Å². The third-order valence-corrected chi connectivity index (χ3v) is 5.58. The average Bonchev–Trinajstić information content (AvgIpc) is 3.27. The third kappa shape index (κ3) is 3.49. The van der Waals surface area contributed by atoms with Gasteiger partial charge in [-0.3, -0.25) is 4.79 Å². The SMILES string of the molecule is CCc1oc2ccccc2c1CN(C)C(=O)CCc1c(C)nc2nc(N)nn2c1C. The van der Waals surface area contributed by atoms with Gasteiger partial charge in [0.2, 0.25) is 11.9 Å². The number of nitrogens with two attached hydrogens (primary N) is 1. The van der Waals surface area contributed by atoms with Gasteiger partial charge in [-0.25, -0.2) is 4.98 Å². The molecule has 3 heterocycles. The maximum Gasteiger partial charge on any atom is 0.254 e. The van der Waals surface area contributed by atoms with Crippen molar-refractivity contribution in [3.8, 4) is 0 Å². The first-order chi connectivity index (χ1) is 14.4. The second-order valence-corrected chi connectivity index (χ2v) is 7.55. The number of hydrogen-bond donors (Lipinski definition) is 1. The summed E-state index contributed by atoms with van der Waals surface area (Å²) in [6.45, 7) is 6.46. The monoisotopic (exact) mass is 406 g/mol. The number of anilines is 1. The topological polar surface area (TPSA) is 103 Å². The fourth-order valence-electron chi connectivity index (χ4n) is 3.94. The Hall–Kier alpha value is -3.42. The van der Waals surface area contributed by atoms with E-state index >= 15 is 0 Å². The number of furan rings is 1. The van der Waals surface area contributed by atoms with Crippen molar-refractivity contribution in [2.45, 2.75) is 46.6 Å². The maximum atomic E-state index is 12.9. The molecule has 3 aromatic heterocycles.